The molecule has 2 aliphatic rings. The quantitative estimate of drug-likeness (QED) is 0.482. The van der Waals surface area contributed by atoms with E-state index in [0.29, 0.717) is 51.1 Å². The first-order valence-corrected chi connectivity index (χ1v) is 16.0. The van der Waals surface area contributed by atoms with E-state index in [1.54, 1.807) is 42.5 Å². The van der Waals surface area contributed by atoms with E-state index < -0.39 is 19.9 Å². The summed E-state index contributed by atoms with van der Waals surface area (Å²) in [4.78, 5) is 22.3. The first kappa shape index (κ1) is 25.1. The number of piperazine rings is 1. The number of aromatic nitrogens is 1. The molecule has 1 aromatic heterocycles. The second-order valence-electron chi connectivity index (χ2n) is 9.20. The Kier molecular flexibility index (Phi) is 6.79. The van der Waals surface area contributed by atoms with Gasteiger partial charge in [0, 0.05) is 45.5 Å². The van der Waals surface area contributed by atoms with E-state index in [1.165, 1.54) is 21.9 Å². The van der Waals surface area contributed by atoms with Gasteiger partial charge in [0.2, 0.25) is 15.9 Å². The van der Waals surface area contributed by atoms with Crippen LogP contribution in [0.25, 0.3) is 10.2 Å². The molecule has 2 aliphatic heterocycles. The van der Waals surface area contributed by atoms with Crippen molar-refractivity contribution in [3.05, 3.63) is 48.5 Å². The van der Waals surface area contributed by atoms with Crippen LogP contribution < -0.4 is 4.90 Å². The van der Waals surface area contributed by atoms with Crippen LogP contribution in [0.4, 0.5) is 5.13 Å². The van der Waals surface area contributed by atoms with Gasteiger partial charge < -0.3 is 9.80 Å². The Labute approximate surface area is 215 Å². The Balaban J connectivity index is 1.25. The third-order valence-electron chi connectivity index (χ3n) is 6.75. The maximum Gasteiger partial charge on any atom is 0.243 e. The van der Waals surface area contributed by atoms with Crippen LogP contribution in [-0.4, -0.2) is 82.5 Å². The van der Waals surface area contributed by atoms with Gasteiger partial charge in [0.15, 0.2) is 15.0 Å². The third kappa shape index (κ3) is 4.86. The summed E-state index contributed by atoms with van der Waals surface area (Å²) in [6.45, 7) is 2.80. The number of anilines is 1. The average Bonchev–Trinajstić information content (AvgIpc) is 3.33. The molecule has 2 saturated heterocycles. The number of piperidine rings is 1. The minimum Gasteiger partial charge on any atom is -0.345 e. The number of sulfone groups is 1. The lowest BCUT2D eigenvalue weighted by molar-refractivity contribution is -0.137. The predicted molar refractivity (Wildman–Crippen MR) is 139 cm³/mol. The van der Waals surface area contributed by atoms with Crippen LogP contribution in [0.15, 0.2) is 58.3 Å². The molecule has 1 unspecified atom stereocenters. The molecule has 0 spiro atoms. The van der Waals surface area contributed by atoms with Crippen LogP contribution in [0.2, 0.25) is 0 Å². The monoisotopic (exact) mass is 548 g/mol. The summed E-state index contributed by atoms with van der Waals surface area (Å²) in [6, 6.07) is 13.5. The molecule has 0 saturated carbocycles. The van der Waals surface area contributed by atoms with Crippen LogP contribution in [0.3, 0.4) is 0 Å². The summed E-state index contributed by atoms with van der Waals surface area (Å²) < 4.78 is 52.6. The van der Waals surface area contributed by atoms with Gasteiger partial charge in [0.05, 0.1) is 20.4 Å². The van der Waals surface area contributed by atoms with Gasteiger partial charge >= 0.3 is 0 Å². The van der Waals surface area contributed by atoms with E-state index >= 15 is 0 Å². The maximum absolute atomic E-state index is 13.3. The molecule has 3 aromatic rings. The number of fused-ring (bicyclic) bond motifs is 1. The van der Waals surface area contributed by atoms with Gasteiger partial charge in [0.25, 0.3) is 0 Å². The fourth-order valence-corrected chi connectivity index (χ4v) is 8.31. The summed E-state index contributed by atoms with van der Waals surface area (Å²) in [6.07, 6.45) is 2.51. The van der Waals surface area contributed by atoms with Crippen molar-refractivity contribution in [3.8, 4) is 0 Å². The van der Waals surface area contributed by atoms with Gasteiger partial charge in [-0.2, -0.15) is 4.31 Å². The maximum atomic E-state index is 13.3. The molecule has 36 heavy (non-hydrogen) atoms. The van der Waals surface area contributed by atoms with Crippen molar-refractivity contribution in [2.75, 3.05) is 50.4 Å². The number of sulfonamides is 1. The Morgan fingerprint density at radius 2 is 1.67 bits per heavy atom. The summed E-state index contributed by atoms with van der Waals surface area (Å²) in [7, 11) is -7.01. The zero-order valence-electron chi connectivity index (χ0n) is 19.9. The van der Waals surface area contributed by atoms with Crippen molar-refractivity contribution in [2.24, 2.45) is 5.92 Å². The number of amides is 1. The molecule has 9 nitrogen and oxygen atoms in total. The molecule has 192 valence electrons. The molecule has 0 bridgehead atoms. The molecule has 5 rings (SSSR count). The molecular weight excluding hydrogens is 520 g/mol. The molecule has 2 fully saturated rings. The number of carbonyl (C=O) groups is 1. The highest BCUT2D eigenvalue weighted by Crippen LogP contribution is 2.33. The number of hydrogen-bond acceptors (Lipinski definition) is 8. The Morgan fingerprint density at radius 3 is 2.36 bits per heavy atom. The fraction of sp³-hybridized carbons (Fsp3) is 0.417. The van der Waals surface area contributed by atoms with Crippen molar-refractivity contribution >= 4 is 52.5 Å². The first-order chi connectivity index (χ1) is 17.1. The number of benzene rings is 2. The average molecular weight is 549 g/mol. The zero-order chi connectivity index (χ0) is 25.5. The summed E-state index contributed by atoms with van der Waals surface area (Å²) in [5.74, 6) is -0.366. The third-order valence-corrected chi connectivity index (χ3v) is 10.8. The van der Waals surface area contributed by atoms with Crippen LogP contribution in [-0.2, 0) is 24.7 Å². The molecule has 1 amide bonds. The summed E-state index contributed by atoms with van der Waals surface area (Å²) in [5, 5.41) is 0.742. The van der Waals surface area contributed by atoms with Gasteiger partial charge in [-0.1, -0.05) is 35.6 Å². The molecule has 12 heteroatoms. The number of thiazole rings is 1. The lowest BCUT2D eigenvalue weighted by Crippen LogP contribution is -2.53. The molecule has 0 radical (unpaired) electrons. The fourth-order valence-electron chi connectivity index (χ4n) is 4.83. The Morgan fingerprint density at radius 1 is 0.944 bits per heavy atom. The van der Waals surface area contributed by atoms with Crippen molar-refractivity contribution < 1.29 is 21.6 Å². The van der Waals surface area contributed by atoms with Crippen LogP contribution in [0.5, 0.6) is 0 Å². The van der Waals surface area contributed by atoms with Gasteiger partial charge in [-0.15, -0.1) is 0 Å². The normalized spacial score (nSPS) is 20.1. The topological polar surface area (TPSA) is 108 Å². The minimum atomic E-state index is -3.63. The number of nitrogens with zero attached hydrogens (tertiary/aromatic N) is 4. The molecule has 1 atom stereocenters. The number of hydrogen-bond donors (Lipinski definition) is 0. The summed E-state index contributed by atoms with van der Waals surface area (Å²) in [5.41, 5.74) is 0.487. The second-order valence-corrected chi connectivity index (χ2v) is 14.1. The minimum absolute atomic E-state index is 0.00808. The van der Waals surface area contributed by atoms with Crippen molar-refractivity contribution in [3.63, 3.8) is 0 Å². The molecule has 0 aliphatic carbocycles. The van der Waals surface area contributed by atoms with E-state index in [2.05, 4.69) is 9.88 Å². The molecule has 0 N–H and O–H groups in total. The first-order valence-electron chi connectivity index (χ1n) is 11.8. The molecule has 3 heterocycles. The van der Waals surface area contributed by atoms with E-state index in [9.17, 15) is 21.6 Å². The van der Waals surface area contributed by atoms with Gasteiger partial charge in [-0.05, 0) is 37.1 Å². The highest BCUT2D eigenvalue weighted by molar-refractivity contribution is 7.91. The van der Waals surface area contributed by atoms with Gasteiger partial charge in [-0.25, -0.2) is 21.8 Å². The summed E-state index contributed by atoms with van der Waals surface area (Å²) >= 11 is 1.45. The molecule has 2 aromatic carbocycles. The van der Waals surface area contributed by atoms with Crippen LogP contribution in [0.1, 0.15) is 12.8 Å². The highest BCUT2D eigenvalue weighted by Gasteiger charge is 2.36. The standard InChI is InChI=1S/C24H28N4O5S3/c1-35(30,31)21-11-5-10-20-22(21)25-24(34-20)27-15-13-26(14-16-27)23(29)18-7-6-12-28(17-18)36(32,33)19-8-3-2-4-9-19/h2-5,8-11,18H,6-7,12-17H2,1H3. The lowest BCUT2D eigenvalue weighted by atomic mass is 9.98. The van der Waals surface area contributed by atoms with Crippen molar-refractivity contribution in [1.82, 2.24) is 14.2 Å². The SMILES string of the molecule is CS(=O)(=O)c1cccc2sc(N3CCN(C(=O)C4CCCN(S(=O)(=O)c5ccccc5)C4)CC3)nc12. The van der Waals surface area contributed by atoms with E-state index in [1.807, 2.05) is 11.0 Å². The number of carbonyl (C=O) groups excluding carboxylic acids is 1. The van der Waals surface area contributed by atoms with Crippen LogP contribution in [0, 0.1) is 5.92 Å². The van der Waals surface area contributed by atoms with Gasteiger partial charge in [0.1, 0.15) is 5.52 Å². The Hall–Kier alpha value is -2.54. The van der Waals surface area contributed by atoms with E-state index in [4.69, 9.17) is 0 Å². The molecular formula is C24H28N4O5S3. The van der Waals surface area contributed by atoms with Gasteiger partial charge in [-0.3, -0.25) is 4.79 Å². The smallest absolute Gasteiger partial charge is 0.243 e. The van der Waals surface area contributed by atoms with E-state index in [0.717, 1.165) is 9.83 Å². The number of para-hydroxylation sites is 1. The zero-order valence-corrected chi connectivity index (χ0v) is 22.4. The Bertz CT molecular complexity index is 1480. The van der Waals surface area contributed by atoms with Crippen molar-refractivity contribution in [1.29, 1.82) is 0 Å². The second kappa shape index (κ2) is 9.73. The number of rotatable bonds is 5. The lowest BCUT2D eigenvalue weighted by Gasteiger charge is -2.38. The largest absolute Gasteiger partial charge is 0.345 e. The predicted octanol–water partition coefficient (Wildman–Crippen LogP) is 2.45. The van der Waals surface area contributed by atoms with Crippen LogP contribution >= 0.6 is 11.3 Å². The highest BCUT2D eigenvalue weighted by atomic mass is 32.2. The van der Waals surface area contributed by atoms with Crippen molar-refractivity contribution in [2.45, 2.75) is 22.6 Å². The van der Waals surface area contributed by atoms with E-state index in [-0.39, 0.29) is 28.2 Å².